The highest BCUT2D eigenvalue weighted by atomic mass is 32.2. The van der Waals surface area contributed by atoms with Crippen LogP contribution in [0.15, 0.2) is 70.5 Å². The number of pyridine rings is 1. The van der Waals surface area contributed by atoms with Crippen molar-refractivity contribution >= 4 is 39.3 Å². The van der Waals surface area contributed by atoms with Crippen LogP contribution in [0.5, 0.6) is 0 Å². The number of hydrogen-bond donors (Lipinski definition) is 0. The van der Waals surface area contributed by atoms with Crippen molar-refractivity contribution in [2.75, 3.05) is 0 Å². The molecule has 0 radical (unpaired) electrons. The first-order chi connectivity index (χ1) is 13.2. The molecule has 0 unspecified atom stereocenters. The van der Waals surface area contributed by atoms with Crippen LogP contribution < -0.4 is 5.56 Å². The van der Waals surface area contributed by atoms with Gasteiger partial charge in [-0.3, -0.25) is 13.8 Å². The summed E-state index contributed by atoms with van der Waals surface area (Å²) in [5.74, 6) is 1.94. The summed E-state index contributed by atoms with van der Waals surface area (Å²) in [4.78, 5) is 17.2. The van der Waals surface area contributed by atoms with E-state index in [1.54, 1.807) is 18.8 Å². The number of para-hydroxylation sites is 2. The molecule has 0 aliphatic heterocycles. The Morgan fingerprint density at radius 1 is 0.963 bits per heavy atom. The molecule has 0 atom stereocenters. The fraction of sp³-hybridized carbons (Fsp3) is 0.100. The van der Waals surface area contributed by atoms with Crippen LogP contribution in [0, 0.1) is 0 Å². The Kier molecular flexibility index (Phi) is 3.68. The number of fused-ring (bicyclic) bond motifs is 4. The van der Waals surface area contributed by atoms with Crippen LogP contribution >= 0.6 is 11.8 Å². The van der Waals surface area contributed by atoms with Crippen molar-refractivity contribution in [2.24, 2.45) is 7.05 Å². The molecule has 132 valence electrons. The Hall–Kier alpha value is -3.19. The molecule has 5 aromatic rings. The maximum atomic E-state index is 12.5. The third kappa shape index (κ3) is 2.59. The summed E-state index contributed by atoms with van der Waals surface area (Å²) in [6.45, 7) is 0. The van der Waals surface area contributed by atoms with E-state index < -0.39 is 0 Å². The number of thioether (sulfide) groups is 1. The molecule has 0 saturated heterocycles. The third-order valence-corrected chi connectivity index (χ3v) is 5.54. The van der Waals surface area contributed by atoms with Gasteiger partial charge in [-0.1, -0.05) is 48.2 Å². The first kappa shape index (κ1) is 16.0. The van der Waals surface area contributed by atoms with E-state index in [0.717, 1.165) is 27.3 Å². The van der Waals surface area contributed by atoms with Crippen LogP contribution in [0.2, 0.25) is 0 Å². The highest BCUT2D eigenvalue weighted by Crippen LogP contribution is 2.24. The second kappa shape index (κ2) is 6.21. The molecular formula is C20H15N5OS. The first-order valence-electron chi connectivity index (χ1n) is 8.53. The van der Waals surface area contributed by atoms with Crippen molar-refractivity contribution < 1.29 is 0 Å². The van der Waals surface area contributed by atoms with Crippen molar-refractivity contribution in [3.8, 4) is 0 Å². The quantitative estimate of drug-likeness (QED) is 0.454. The van der Waals surface area contributed by atoms with E-state index in [2.05, 4.69) is 22.3 Å². The van der Waals surface area contributed by atoms with Gasteiger partial charge in [0.05, 0.1) is 27.2 Å². The molecule has 2 aromatic carbocycles. The lowest BCUT2D eigenvalue weighted by atomic mass is 10.2. The lowest BCUT2D eigenvalue weighted by Gasteiger charge is -2.07. The first-order valence-corrected chi connectivity index (χ1v) is 9.51. The summed E-state index contributed by atoms with van der Waals surface area (Å²) >= 11 is 1.60. The van der Waals surface area contributed by atoms with Crippen LogP contribution in [0.4, 0.5) is 0 Å². The Balaban J connectivity index is 1.58. The lowest BCUT2D eigenvalue weighted by molar-refractivity contribution is 0.857. The van der Waals surface area contributed by atoms with Gasteiger partial charge in [0.2, 0.25) is 5.78 Å². The average molecular weight is 373 g/mol. The Labute approximate surface area is 158 Å². The van der Waals surface area contributed by atoms with E-state index in [-0.39, 0.29) is 5.56 Å². The minimum atomic E-state index is -0.0686. The predicted octanol–water partition coefficient (Wildman–Crippen LogP) is 3.42. The Bertz CT molecular complexity index is 1370. The van der Waals surface area contributed by atoms with Crippen LogP contribution in [0.1, 0.15) is 5.82 Å². The lowest BCUT2D eigenvalue weighted by Crippen LogP contribution is -2.20. The van der Waals surface area contributed by atoms with Gasteiger partial charge in [0.25, 0.3) is 5.56 Å². The van der Waals surface area contributed by atoms with Crippen LogP contribution in [-0.2, 0) is 12.8 Å². The fourth-order valence-electron chi connectivity index (χ4n) is 3.25. The summed E-state index contributed by atoms with van der Waals surface area (Å²) in [6.07, 6.45) is 0. The monoisotopic (exact) mass is 373 g/mol. The molecule has 7 heteroatoms. The molecule has 3 aromatic heterocycles. The highest BCUT2D eigenvalue weighted by molar-refractivity contribution is 7.98. The second-order valence-corrected chi connectivity index (χ2v) is 7.26. The van der Waals surface area contributed by atoms with Crippen LogP contribution in [-0.4, -0.2) is 24.1 Å². The predicted molar refractivity (Wildman–Crippen MR) is 107 cm³/mol. The van der Waals surface area contributed by atoms with Gasteiger partial charge in [0.15, 0.2) is 0 Å². The van der Waals surface area contributed by atoms with E-state index in [1.165, 1.54) is 4.57 Å². The normalized spacial score (nSPS) is 11.6. The molecule has 27 heavy (non-hydrogen) atoms. The molecule has 0 fully saturated rings. The van der Waals surface area contributed by atoms with Crippen LogP contribution in [0.3, 0.4) is 0 Å². The minimum Gasteiger partial charge on any atom is -0.279 e. The van der Waals surface area contributed by atoms with Gasteiger partial charge >= 0.3 is 0 Å². The summed E-state index contributed by atoms with van der Waals surface area (Å²) in [5.41, 5.74) is 1.73. The Morgan fingerprint density at radius 3 is 2.70 bits per heavy atom. The van der Waals surface area contributed by atoms with Crippen molar-refractivity contribution in [3.63, 3.8) is 0 Å². The number of hydrogen-bond acceptors (Lipinski definition) is 5. The third-order valence-electron chi connectivity index (χ3n) is 4.62. The maximum Gasteiger partial charge on any atom is 0.262 e. The van der Waals surface area contributed by atoms with E-state index in [0.29, 0.717) is 16.9 Å². The molecule has 3 heterocycles. The zero-order valence-corrected chi connectivity index (χ0v) is 15.3. The molecule has 0 saturated carbocycles. The van der Waals surface area contributed by atoms with Crippen molar-refractivity contribution in [3.05, 3.63) is 76.8 Å². The number of benzene rings is 2. The molecule has 0 aliphatic carbocycles. The molecular weight excluding hydrogens is 358 g/mol. The maximum absolute atomic E-state index is 12.5. The highest BCUT2D eigenvalue weighted by Gasteiger charge is 2.14. The standard InChI is InChI=1S/C20H15N5OS/c1-24-19(26)14-7-3-5-9-16(14)25-17(22-23-20(24)25)12-27-18-11-10-13-6-2-4-8-15(13)21-18/h2-11H,12H2,1H3. The molecule has 0 amide bonds. The molecule has 0 spiro atoms. The van der Waals surface area contributed by atoms with Gasteiger partial charge in [-0.05, 0) is 24.3 Å². The van der Waals surface area contributed by atoms with Crippen molar-refractivity contribution in [1.29, 1.82) is 0 Å². The van der Waals surface area contributed by atoms with Gasteiger partial charge in [-0.25, -0.2) is 4.98 Å². The summed E-state index contributed by atoms with van der Waals surface area (Å²) < 4.78 is 3.49. The fourth-order valence-corrected chi connectivity index (χ4v) is 4.04. The van der Waals surface area contributed by atoms with Crippen molar-refractivity contribution in [2.45, 2.75) is 10.8 Å². The van der Waals surface area contributed by atoms with E-state index in [9.17, 15) is 4.79 Å². The summed E-state index contributed by atoms with van der Waals surface area (Å²) in [7, 11) is 1.72. The number of nitrogens with zero attached hydrogens (tertiary/aromatic N) is 5. The van der Waals surface area contributed by atoms with Gasteiger partial charge in [0, 0.05) is 12.4 Å². The molecule has 0 N–H and O–H groups in total. The molecule has 0 aliphatic rings. The van der Waals surface area contributed by atoms with E-state index in [4.69, 9.17) is 4.98 Å². The summed E-state index contributed by atoms with van der Waals surface area (Å²) in [5, 5.41) is 11.3. The second-order valence-electron chi connectivity index (χ2n) is 6.26. The zero-order chi connectivity index (χ0) is 18.4. The topological polar surface area (TPSA) is 65.1 Å². The number of rotatable bonds is 3. The number of aryl methyl sites for hydroxylation is 1. The van der Waals surface area contributed by atoms with Gasteiger partial charge in [0.1, 0.15) is 5.82 Å². The molecule has 6 nitrogen and oxygen atoms in total. The molecule has 5 rings (SSSR count). The van der Waals surface area contributed by atoms with Crippen molar-refractivity contribution in [1.82, 2.24) is 24.1 Å². The van der Waals surface area contributed by atoms with E-state index >= 15 is 0 Å². The summed E-state index contributed by atoms with van der Waals surface area (Å²) in [6, 6.07) is 19.7. The van der Waals surface area contributed by atoms with Gasteiger partial charge in [-0.15, -0.1) is 10.2 Å². The largest absolute Gasteiger partial charge is 0.279 e. The van der Waals surface area contributed by atoms with Gasteiger partial charge < -0.3 is 0 Å². The van der Waals surface area contributed by atoms with E-state index in [1.807, 2.05) is 52.9 Å². The average Bonchev–Trinajstić information content (AvgIpc) is 3.14. The SMILES string of the molecule is Cn1c(=O)c2ccccc2n2c(CSc3ccc4ccccc4n3)nnc12. The minimum absolute atomic E-state index is 0.0686. The smallest absolute Gasteiger partial charge is 0.262 e. The number of aromatic nitrogens is 5. The zero-order valence-electron chi connectivity index (χ0n) is 14.5. The molecule has 0 bridgehead atoms. The Morgan fingerprint density at radius 2 is 1.78 bits per heavy atom. The van der Waals surface area contributed by atoms with Gasteiger partial charge in [-0.2, -0.15) is 0 Å². The van der Waals surface area contributed by atoms with Crippen LogP contribution in [0.25, 0.3) is 27.6 Å².